The number of hydrogen-bond donors (Lipinski definition) is 0. The Labute approximate surface area is 145 Å². The molecule has 2 aromatic heterocycles. The van der Waals surface area contributed by atoms with Crippen molar-refractivity contribution in [2.75, 3.05) is 0 Å². The first-order valence-corrected chi connectivity index (χ1v) is 8.93. The van der Waals surface area contributed by atoms with Gasteiger partial charge in [0.05, 0.1) is 11.5 Å². The number of thiophene rings is 1. The number of hydrogen-bond acceptors (Lipinski definition) is 4. The highest BCUT2D eigenvalue weighted by atomic mass is 32.1. The molecule has 0 fully saturated rings. The van der Waals surface area contributed by atoms with E-state index in [-0.39, 0.29) is 5.56 Å². The third kappa shape index (κ3) is 3.10. The van der Waals surface area contributed by atoms with Gasteiger partial charge in [-0.25, -0.2) is 4.98 Å². The van der Waals surface area contributed by atoms with Gasteiger partial charge in [-0.2, -0.15) is 5.26 Å². The van der Waals surface area contributed by atoms with Gasteiger partial charge in [-0.05, 0) is 25.8 Å². The van der Waals surface area contributed by atoms with Gasteiger partial charge in [-0.15, -0.1) is 11.3 Å². The lowest BCUT2D eigenvalue weighted by Crippen LogP contribution is -2.23. The van der Waals surface area contributed by atoms with Crippen LogP contribution in [0.25, 0.3) is 21.6 Å². The van der Waals surface area contributed by atoms with Gasteiger partial charge in [0.15, 0.2) is 0 Å². The monoisotopic (exact) mass is 337 g/mol. The minimum atomic E-state index is -0.00975. The Morgan fingerprint density at radius 3 is 2.71 bits per heavy atom. The zero-order valence-electron chi connectivity index (χ0n) is 13.9. The molecule has 0 aliphatic carbocycles. The maximum Gasteiger partial charge on any atom is 0.262 e. The van der Waals surface area contributed by atoms with Crippen molar-refractivity contribution >= 4 is 21.6 Å². The van der Waals surface area contributed by atoms with Crippen molar-refractivity contribution in [1.82, 2.24) is 9.55 Å². The summed E-state index contributed by atoms with van der Waals surface area (Å²) in [6, 6.07) is 12.1. The van der Waals surface area contributed by atoms with Crippen molar-refractivity contribution in [3.63, 3.8) is 0 Å². The summed E-state index contributed by atoms with van der Waals surface area (Å²) in [7, 11) is 0. The Morgan fingerprint density at radius 2 is 2.04 bits per heavy atom. The normalized spacial score (nSPS) is 10.9. The third-order valence-electron chi connectivity index (χ3n) is 4.03. The number of rotatable bonds is 5. The van der Waals surface area contributed by atoms with Crippen LogP contribution in [0, 0.1) is 18.3 Å². The van der Waals surface area contributed by atoms with E-state index < -0.39 is 0 Å². The van der Waals surface area contributed by atoms with Gasteiger partial charge in [0.2, 0.25) is 0 Å². The van der Waals surface area contributed by atoms with E-state index >= 15 is 0 Å². The van der Waals surface area contributed by atoms with Gasteiger partial charge in [0.1, 0.15) is 10.7 Å². The molecular weight excluding hydrogens is 318 g/mol. The quantitative estimate of drug-likeness (QED) is 0.652. The molecule has 0 amide bonds. The lowest BCUT2D eigenvalue weighted by Gasteiger charge is -2.12. The van der Waals surface area contributed by atoms with E-state index in [1.165, 1.54) is 10.4 Å². The van der Waals surface area contributed by atoms with Gasteiger partial charge in [-0.1, -0.05) is 36.8 Å². The topological polar surface area (TPSA) is 58.7 Å². The Hall–Kier alpha value is -2.45. The van der Waals surface area contributed by atoms with Crippen molar-refractivity contribution in [3.8, 4) is 17.5 Å². The maximum atomic E-state index is 13.0. The van der Waals surface area contributed by atoms with Crippen LogP contribution in [0.15, 0.2) is 35.1 Å². The fraction of sp³-hybridized carbons (Fsp3) is 0.316. The number of unbranched alkanes of at least 4 members (excludes halogenated alkanes) is 1. The van der Waals surface area contributed by atoms with Crippen LogP contribution in [0.5, 0.6) is 0 Å². The average Bonchev–Trinajstić information content (AvgIpc) is 3.01. The molecule has 0 spiro atoms. The van der Waals surface area contributed by atoms with Crippen LogP contribution in [-0.2, 0) is 13.0 Å². The van der Waals surface area contributed by atoms with E-state index in [2.05, 4.69) is 13.0 Å². The van der Waals surface area contributed by atoms with Gasteiger partial charge in [0, 0.05) is 23.4 Å². The average molecular weight is 337 g/mol. The molecule has 0 saturated heterocycles. The first-order chi connectivity index (χ1) is 11.6. The summed E-state index contributed by atoms with van der Waals surface area (Å²) in [4.78, 5) is 19.7. The molecule has 0 aliphatic rings. The SMILES string of the molecule is CCc1cc2c(=O)n(CCCC#N)c(-c3ccc(C)cc3)nc2s1. The highest BCUT2D eigenvalue weighted by molar-refractivity contribution is 7.18. The maximum absolute atomic E-state index is 13.0. The van der Waals surface area contributed by atoms with E-state index in [0.29, 0.717) is 30.6 Å². The van der Waals surface area contributed by atoms with Crippen LogP contribution < -0.4 is 5.56 Å². The predicted octanol–water partition coefficient (Wildman–Crippen LogP) is 4.30. The molecule has 0 aliphatic heterocycles. The number of fused-ring (bicyclic) bond motifs is 1. The van der Waals surface area contributed by atoms with Gasteiger partial charge >= 0.3 is 0 Å². The molecule has 1 aromatic carbocycles. The van der Waals surface area contributed by atoms with Crippen molar-refractivity contribution < 1.29 is 0 Å². The largest absolute Gasteiger partial charge is 0.292 e. The standard InChI is InChI=1S/C19H19N3OS/c1-3-15-12-16-18(24-15)21-17(14-8-6-13(2)7-9-14)22(19(16)23)11-5-4-10-20/h6-9,12H,3-5,11H2,1-2H3. The minimum Gasteiger partial charge on any atom is -0.292 e. The van der Waals surface area contributed by atoms with Crippen molar-refractivity contribution in [1.29, 1.82) is 5.26 Å². The first-order valence-electron chi connectivity index (χ1n) is 8.11. The van der Waals surface area contributed by atoms with Crippen LogP contribution in [0.3, 0.4) is 0 Å². The number of nitrogens with zero attached hydrogens (tertiary/aromatic N) is 3. The molecule has 0 saturated carbocycles. The second kappa shape index (κ2) is 6.98. The molecule has 0 bridgehead atoms. The highest BCUT2D eigenvalue weighted by Crippen LogP contribution is 2.26. The Kier molecular flexibility index (Phi) is 4.77. The molecule has 122 valence electrons. The molecule has 24 heavy (non-hydrogen) atoms. The highest BCUT2D eigenvalue weighted by Gasteiger charge is 2.15. The molecule has 2 heterocycles. The molecule has 4 nitrogen and oxygen atoms in total. The molecule has 0 unspecified atom stereocenters. The lowest BCUT2D eigenvalue weighted by molar-refractivity contribution is 0.634. The number of aryl methyl sites for hydroxylation is 2. The fourth-order valence-electron chi connectivity index (χ4n) is 2.69. The summed E-state index contributed by atoms with van der Waals surface area (Å²) >= 11 is 1.58. The second-order valence-corrected chi connectivity index (χ2v) is 6.92. The van der Waals surface area contributed by atoms with Crippen LogP contribution in [-0.4, -0.2) is 9.55 Å². The van der Waals surface area contributed by atoms with E-state index in [0.717, 1.165) is 16.8 Å². The van der Waals surface area contributed by atoms with Gasteiger partial charge in [-0.3, -0.25) is 9.36 Å². The van der Waals surface area contributed by atoms with Crippen LogP contribution in [0.1, 0.15) is 30.2 Å². The summed E-state index contributed by atoms with van der Waals surface area (Å²) in [6.07, 6.45) is 1.98. The summed E-state index contributed by atoms with van der Waals surface area (Å²) in [6.45, 7) is 4.63. The molecular formula is C19H19N3OS. The Balaban J connectivity index is 2.20. The Bertz CT molecular complexity index is 961. The van der Waals surface area contributed by atoms with E-state index in [1.54, 1.807) is 15.9 Å². The zero-order valence-corrected chi connectivity index (χ0v) is 14.7. The molecule has 0 atom stereocenters. The summed E-state index contributed by atoms with van der Waals surface area (Å²) in [5.74, 6) is 0.690. The fourth-order valence-corrected chi connectivity index (χ4v) is 3.64. The predicted molar refractivity (Wildman–Crippen MR) is 98.3 cm³/mol. The van der Waals surface area contributed by atoms with E-state index in [9.17, 15) is 4.79 Å². The van der Waals surface area contributed by atoms with Crippen molar-refractivity contribution in [2.45, 2.75) is 39.7 Å². The van der Waals surface area contributed by atoms with Gasteiger partial charge in [0.25, 0.3) is 5.56 Å². The molecule has 3 aromatic rings. The third-order valence-corrected chi connectivity index (χ3v) is 5.20. The van der Waals surface area contributed by atoms with Crippen LogP contribution in [0.4, 0.5) is 0 Å². The van der Waals surface area contributed by atoms with Gasteiger partial charge < -0.3 is 0 Å². The smallest absolute Gasteiger partial charge is 0.262 e. The molecule has 0 N–H and O–H groups in total. The van der Waals surface area contributed by atoms with Crippen molar-refractivity contribution in [2.24, 2.45) is 0 Å². The Morgan fingerprint density at radius 1 is 1.29 bits per heavy atom. The first kappa shape index (κ1) is 16.4. The number of aromatic nitrogens is 2. The summed E-state index contributed by atoms with van der Waals surface area (Å²) in [5.41, 5.74) is 2.09. The van der Waals surface area contributed by atoms with Crippen molar-refractivity contribution in [3.05, 3.63) is 51.1 Å². The molecule has 5 heteroatoms. The minimum absolute atomic E-state index is 0.00975. The number of benzene rings is 1. The lowest BCUT2D eigenvalue weighted by atomic mass is 10.1. The molecule has 3 rings (SSSR count). The van der Waals surface area contributed by atoms with E-state index in [4.69, 9.17) is 10.2 Å². The summed E-state index contributed by atoms with van der Waals surface area (Å²) < 4.78 is 1.72. The number of nitriles is 1. The zero-order chi connectivity index (χ0) is 17.1. The van der Waals surface area contributed by atoms with E-state index in [1.807, 2.05) is 37.3 Å². The molecule has 0 radical (unpaired) electrons. The second-order valence-electron chi connectivity index (χ2n) is 5.80. The summed E-state index contributed by atoms with van der Waals surface area (Å²) in [5, 5.41) is 9.47. The van der Waals surface area contributed by atoms with Crippen LogP contribution >= 0.6 is 11.3 Å². The van der Waals surface area contributed by atoms with Crippen LogP contribution in [0.2, 0.25) is 0 Å².